The van der Waals surface area contributed by atoms with E-state index in [9.17, 15) is 0 Å². The van der Waals surface area contributed by atoms with Gasteiger partial charge in [0.25, 0.3) is 0 Å². The van der Waals surface area contributed by atoms with Gasteiger partial charge in [-0.05, 0) is 36.8 Å². The van der Waals surface area contributed by atoms with Gasteiger partial charge < -0.3 is 30.8 Å². The molecule has 0 fully saturated rings. The second-order valence-corrected chi connectivity index (χ2v) is 11.7. The Balaban J connectivity index is 1.12. The highest BCUT2D eigenvalue weighted by atomic mass is 15.3. The monoisotopic (exact) mass is 603 g/mol. The third kappa shape index (κ3) is 3.36. The van der Waals surface area contributed by atoms with Gasteiger partial charge in [-0.3, -0.25) is 4.99 Å². The van der Waals surface area contributed by atoms with E-state index in [2.05, 4.69) is 65.9 Å². The average Bonchev–Trinajstić information content (AvgIpc) is 3.91. The van der Waals surface area contributed by atoms with E-state index in [1.165, 1.54) is 0 Å². The Bertz CT molecular complexity index is 2230. The smallest absolute Gasteiger partial charge is 0.204 e. The fourth-order valence-corrected chi connectivity index (χ4v) is 7.16. The topological polar surface area (TPSA) is 158 Å². The van der Waals surface area contributed by atoms with Crippen molar-refractivity contribution >= 4 is 70.4 Å². The van der Waals surface area contributed by atoms with E-state index in [0.717, 1.165) is 62.3 Å². The first-order chi connectivity index (χ1) is 22.7. The minimum absolute atomic E-state index is 0.199. The number of aromatic amines is 2. The predicted molar refractivity (Wildman–Crippen MR) is 181 cm³/mol. The average molecular weight is 604 g/mol. The van der Waals surface area contributed by atoms with Crippen molar-refractivity contribution in [1.29, 1.82) is 0 Å². The van der Waals surface area contributed by atoms with Gasteiger partial charge in [-0.2, -0.15) is 0 Å². The van der Waals surface area contributed by atoms with Crippen LogP contribution in [0.5, 0.6) is 0 Å². The van der Waals surface area contributed by atoms with E-state index in [1.807, 2.05) is 36.5 Å². The van der Waals surface area contributed by atoms with Crippen LogP contribution in [0, 0.1) is 5.41 Å². The zero-order chi connectivity index (χ0) is 30.4. The van der Waals surface area contributed by atoms with Crippen LogP contribution in [0.25, 0.3) is 0 Å². The van der Waals surface area contributed by atoms with E-state index >= 15 is 0 Å². The van der Waals surface area contributed by atoms with Crippen molar-refractivity contribution in [3.8, 4) is 0 Å². The van der Waals surface area contributed by atoms with Crippen molar-refractivity contribution in [2.45, 2.75) is 12.8 Å². The van der Waals surface area contributed by atoms with Crippen LogP contribution in [-0.4, -0.2) is 56.7 Å². The molecule has 13 heteroatoms. The third-order valence-electron chi connectivity index (χ3n) is 9.21. The summed E-state index contributed by atoms with van der Waals surface area (Å²) in [5, 5.41) is 10.4. The standard InChI is InChI=1S/C33H25N13/c1-33-25-17-8-9-18(25)28(46-16-41-22-6-3-7-23(27(22)46)43-32-36-12-13-37-32)45-30(33)40-15-39-29(33)44-26(17)19-14-38-20-4-2-5-21(24(19)20)42-31-34-10-11-35-31/h2-15,19,41H,16H2,1H3,(H2,34,35,42)(H2,36,37,43). The van der Waals surface area contributed by atoms with Crippen molar-refractivity contribution in [2.75, 3.05) is 27.5 Å². The first kappa shape index (κ1) is 25.0. The number of nitrogens with zero attached hydrogens (tertiary/aromatic N) is 8. The number of hydrogen-bond donors (Lipinski definition) is 5. The molecule has 6 aliphatic rings. The Labute approximate surface area is 262 Å². The van der Waals surface area contributed by atoms with Gasteiger partial charge >= 0.3 is 0 Å². The van der Waals surface area contributed by atoms with Gasteiger partial charge in [-0.1, -0.05) is 24.3 Å². The van der Waals surface area contributed by atoms with Crippen molar-refractivity contribution < 1.29 is 0 Å². The molecule has 5 N–H and O–H groups in total. The minimum Gasteiger partial charge on any atom is -0.366 e. The van der Waals surface area contributed by atoms with Crippen LogP contribution in [0.1, 0.15) is 18.4 Å². The van der Waals surface area contributed by atoms with E-state index < -0.39 is 5.41 Å². The molecule has 4 aromatic rings. The van der Waals surface area contributed by atoms with Crippen molar-refractivity contribution in [2.24, 2.45) is 30.4 Å². The number of allylic oxidation sites excluding steroid dienone is 3. The van der Waals surface area contributed by atoms with Crippen LogP contribution >= 0.6 is 0 Å². The Kier molecular flexibility index (Phi) is 4.93. The number of para-hydroxylation sites is 1. The number of hydrogen-bond acceptors (Lipinski definition) is 11. The molecule has 0 radical (unpaired) electrons. The SMILES string of the molecule is CC12C3=NC=NC1=NC(C1C=Nc4cccc(Nc5ncc[nH]5)c41)=C1C=CC(=C12)C(N1CNc2cccc(Nc4ncc[nH]4)c21)=N3. The molecule has 0 spiro atoms. The fraction of sp³-hybridized carbons (Fsp3) is 0.121. The number of aromatic nitrogens is 4. The quantitative estimate of drug-likeness (QED) is 0.197. The maximum Gasteiger partial charge on any atom is 0.204 e. The summed E-state index contributed by atoms with van der Waals surface area (Å²) in [5.41, 5.74) is 9.14. The van der Waals surface area contributed by atoms with Crippen LogP contribution in [0.2, 0.25) is 0 Å². The van der Waals surface area contributed by atoms with Gasteiger partial charge in [0.1, 0.15) is 23.4 Å². The summed E-state index contributed by atoms with van der Waals surface area (Å²) in [6.45, 7) is 2.67. The molecule has 2 atom stereocenters. The maximum absolute atomic E-state index is 5.24. The Morgan fingerprint density at radius 2 is 1.65 bits per heavy atom. The number of fused-ring (bicyclic) bond motifs is 2. The molecule has 2 unspecified atom stereocenters. The Hall–Kier alpha value is -6.37. The predicted octanol–water partition coefficient (Wildman–Crippen LogP) is 5.70. The number of H-pyrrole nitrogens is 2. The molecule has 0 saturated carbocycles. The van der Waals surface area contributed by atoms with Crippen LogP contribution in [0.15, 0.2) is 121 Å². The molecular formula is C33H25N13. The number of nitrogens with one attached hydrogen (secondary N) is 5. The normalized spacial score (nSPS) is 22.8. The van der Waals surface area contributed by atoms with Gasteiger partial charge in [-0.25, -0.2) is 29.9 Å². The second kappa shape index (κ2) is 9.08. The highest BCUT2D eigenvalue weighted by Crippen LogP contribution is 2.55. The molecule has 5 aliphatic heterocycles. The van der Waals surface area contributed by atoms with Gasteiger partial charge in [0.05, 0.1) is 41.0 Å². The summed E-state index contributed by atoms with van der Waals surface area (Å²) in [4.78, 5) is 42.0. The molecule has 2 aromatic heterocycles. The molecule has 10 rings (SSSR count). The number of anilines is 6. The molecule has 13 nitrogen and oxygen atoms in total. The number of aliphatic imine (C=N–C) groups is 5. The molecule has 7 heterocycles. The summed E-state index contributed by atoms with van der Waals surface area (Å²) in [6.07, 6.45) is 14.9. The summed E-state index contributed by atoms with van der Waals surface area (Å²) < 4.78 is 0. The Morgan fingerprint density at radius 3 is 2.48 bits per heavy atom. The second-order valence-electron chi connectivity index (χ2n) is 11.7. The number of amidine groups is 3. The van der Waals surface area contributed by atoms with E-state index in [4.69, 9.17) is 25.0 Å². The summed E-state index contributed by atoms with van der Waals surface area (Å²) >= 11 is 0. The first-order valence-electron chi connectivity index (χ1n) is 15.0. The molecule has 0 amide bonds. The summed E-state index contributed by atoms with van der Waals surface area (Å²) in [5.74, 6) is 3.28. The van der Waals surface area contributed by atoms with Crippen LogP contribution in [0.3, 0.4) is 0 Å². The Morgan fingerprint density at radius 1 is 0.870 bits per heavy atom. The lowest BCUT2D eigenvalue weighted by atomic mass is 9.70. The van der Waals surface area contributed by atoms with Gasteiger partial charge in [0, 0.05) is 53.4 Å². The summed E-state index contributed by atoms with van der Waals surface area (Å²) in [7, 11) is 0. The fourth-order valence-electron chi connectivity index (χ4n) is 7.16. The van der Waals surface area contributed by atoms with Gasteiger partial charge in [-0.15, -0.1) is 0 Å². The zero-order valence-electron chi connectivity index (χ0n) is 24.4. The third-order valence-corrected chi connectivity index (χ3v) is 9.21. The number of imidazole rings is 2. The van der Waals surface area contributed by atoms with Crippen molar-refractivity contribution in [1.82, 2.24) is 19.9 Å². The zero-order valence-corrected chi connectivity index (χ0v) is 24.4. The number of benzene rings is 2. The number of dihydropyridines is 1. The summed E-state index contributed by atoms with van der Waals surface area (Å²) in [6, 6.07) is 12.2. The largest absolute Gasteiger partial charge is 0.366 e. The number of rotatable bonds is 5. The molecule has 0 bridgehead atoms. The minimum atomic E-state index is -0.692. The van der Waals surface area contributed by atoms with Gasteiger partial charge in [0.15, 0.2) is 5.84 Å². The van der Waals surface area contributed by atoms with E-state index in [-0.39, 0.29) is 5.92 Å². The maximum atomic E-state index is 5.24. The van der Waals surface area contributed by atoms with E-state index in [0.29, 0.717) is 30.2 Å². The molecule has 1 aliphatic carbocycles. The van der Waals surface area contributed by atoms with E-state index in [1.54, 1.807) is 31.1 Å². The molecule has 222 valence electrons. The van der Waals surface area contributed by atoms with Crippen molar-refractivity contribution in [3.05, 3.63) is 101 Å². The lowest BCUT2D eigenvalue weighted by Gasteiger charge is -2.41. The highest BCUT2D eigenvalue weighted by molar-refractivity contribution is 6.31. The molecular weight excluding hydrogens is 578 g/mol. The highest BCUT2D eigenvalue weighted by Gasteiger charge is 2.53. The van der Waals surface area contributed by atoms with Crippen LogP contribution in [0.4, 0.5) is 40.3 Å². The van der Waals surface area contributed by atoms with Crippen LogP contribution < -0.4 is 20.9 Å². The van der Waals surface area contributed by atoms with Crippen LogP contribution in [-0.2, 0) is 0 Å². The lowest BCUT2D eigenvalue weighted by molar-refractivity contribution is 0.724. The van der Waals surface area contributed by atoms with Gasteiger partial charge in [0.2, 0.25) is 11.9 Å². The lowest BCUT2D eigenvalue weighted by Crippen LogP contribution is -2.47. The molecule has 0 saturated heterocycles. The molecule has 2 aromatic carbocycles. The first-order valence-corrected chi connectivity index (χ1v) is 15.0. The van der Waals surface area contributed by atoms with Crippen molar-refractivity contribution in [3.63, 3.8) is 0 Å². The molecule has 46 heavy (non-hydrogen) atoms.